The molecule has 0 saturated heterocycles. The minimum Gasteiger partial charge on any atom is -0.310 e. The van der Waals surface area contributed by atoms with E-state index in [-0.39, 0.29) is 0 Å². The number of anilines is 3. The van der Waals surface area contributed by atoms with Crippen LogP contribution >= 0.6 is 0 Å². The Morgan fingerprint density at radius 2 is 0.716 bits per heavy atom. The van der Waals surface area contributed by atoms with Crippen LogP contribution in [0.2, 0.25) is 0 Å². The third kappa shape index (κ3) is 7.52. The van der Waals surface area contributed by atoms with Gasteiger partial charge in [0.05, 0.1) is 16.7 Å². The molecule has 14 aromatic rings. The van der Waals surface area contributed by atoms with Gasteiger partial charge in [0.2, 0.25) is 0 Å². The summed E-state index contributed by atoms with van der Waals surface area (Å²) in [6.45, 7) is 0. The number of hydrogen-bond acceptors (Lipinski definition) is 1. The van der Waals surface area contributed by atoms with Crippen molar-refractivity contribution in [2.45, 2.75) is 0 Å². The number of rotatable bonds is 9. The van der Waals surface area contributed by atoms with Crippen molar-refractivity contribution in [2.75, 3.05) is 4.90 Å². The molecule has 1 heterocycles. The molecular formula is C72H48N2. The van der Waals surface area contributed by atoms with Gasteiger partial charge in [-0.25, -0.2) is 0 Å². The summed E-state index contributed by atoms with van der Waals surface area (Å²) in [6, 6.07) is 106. The maximum atomic E-state index is 2.44. The van der Waals surface area contributed by atoms with Crippen molar-refractivity contribution in [2.24, 2.45) is 0 Å². The zero-order chi connectivity index (χ0) is 49.0. The SMILES string of the molecule is c1ccc(-c2ccc(N(c3ccc(-c4ccc(-c5cccc6ccccc56)cc4)cc3)c3ccccc3-c3cccc(-c4cccc5c4c4ccccc4n5-c4ccc5c(ccc6ccccc65)c4)c3)cc2)cc1. The van der Waals surface area contributed by atoms with E-state index in [1.54, 1.807) is 0 Å². The van der Waals surface area contributed by atoms with Gasteiger partial charge in [-0.3, -0.25) is 0 Å². The second-order valence-electron chi connectivity index (χ2n) is 19.2. The summed E-state index contributed by atoms with van der Waals surface area (Å²) in [5.41, 5.74) is 18.7. The van der Waals surface area contributed by atoms with E-state index >= 15 is 0 Å². The normalized spacial score (nSPS) is 11.5. The third-order valence-corrected chi connectivity index (χ3v) is 15.0. The molecule has 0 N–H and O–H groups in total. The van der Waals surface area contributed by atoms with E-state index in [1.165, 1.54) is 98.6 Å². The molecule has 2 heteroatoms. The molecule has 14 rings (SSSR count). The van der Waals surface area contributed by atoms with Crippen LogP contribution < -0.4 is 4.90 Å². The molecule has 0 aliphatic heterocycles. The predicted octanol–water partition coefficient (Wildman–Crippen LogP) is 20.0. The van der Waals surface area contributed by atoms with E-state index in [9.17, 15) is 0 Å². The first kappa shape index (κ1) is 43.1. The first-order valence-electron chi connectivity index (χ1n) is 25.5. The zero-order valence-corrected chi connectivity index (χ0v) is 40.6. The monoisotopic (exact) mass is 940 g/mol. The molecule has 0 spiro atoms. The molecular weight excluding hydrogens is 893 g/mol. The van der Waals surface area contributed by atoms with Gasteiger partial charge in [-0.2, -0.15) is 0 Å². The maximum Gasteiger partial charge on any atom is 0.0547 e. The van der Waals surface area contributed by atoms with Gasteiger partial charge in [0, 0.05) is 33.4 Å². The molecule has 13 aromatic carbocycles. The van der Waals surface area contributed by atoms with Crippen molar-refractivity contribution in [1.29, 1.82) is 0 Å². The summed E-state index contributed by atoms with van der Waals surface area (Å²) in [5, 5.41) is 10.0. The van der Waals surface area contributed by atoms with Crippen LogP contribution in [0.1, 0.15) is 0 Å². The summed E-state index contributed by atoms with van der Waals surface area (Å²) >= 11 is 0. The van der Waals surface area contributed by atoms with Crippen LogP contribution in [0.25, 0.3) is 115 Å². The van der Waals surface area contributed by atoms with Crippen LogP contribution in [0.5, 0.6) is 0 Å². The Hall–Kier alpha value is -9.76. The summed E-state index contributed by atoms with van der Waals surface area (Å²) < 4.78 is 2.44. The van der Waals surface area contributed by atoms with Crippen LogP contribution in [0.3, 0.4) is 0 Å². The number of nitrogens with zero attached hydrogens (tertiary/aromatic N) is 2. The van der Waals surface area contributed by atoms with Crippen LogP contribution in [-0.2, 0) is 0 Å². The van der Waals surface area contributed by atoms with Gasteiger partial charge in [-0.15, -0.1) is 0 Å². The minimum absolute atomic E-state index is 1.08. The quantitative estimate of drug-likeness (QED) is 0.131. The van der Waals surface area contributed by atoms with E-state index in [0.29, 0.717) is 0 Å². The van der Waals surface area contributed by atoms with Crippen LogP contribution in [0.15, 0.2) is 291 Å². The first-order valence-corrected chi connectivity index (χ1v) is 25.5. The summed E-state index contributed by atoms with van der Waals surface area (Å²) in [7, 11) is 0. The Bertz CT molecular complexity index is 4390. The molecule has 0 fully saturated rings. The molecule has 0 atom stereocenters. The molecule has 0 amide bonds. The van der Waals surface area contributed by atoms with Gasteiger partial charge in [0.1, 0.15) is 0 Å². The van der Waals surface area contributed by atoms with Gasteiger partial charge in [0.25, 0.3) is 0 Å². The first-order chi connectivity index (χ1) is 36.7. The average molecular weight is 941 g/mol. The molecule has 0 radical (unpaired) electrons. The van der Waals surface area contributed by atoms with Crippen LogP contribution in [0, 0.1) is 0 Å². The molecule has 0 unspecified atom stereocenters. The fourth-order valence-electron chi connectivity index (χ4n) is 11.4. The topological polar surface area (TPSA) is 8.17 Å². The highest BCUT2D eigenvalue weighted by molar-refractivity contribution is 6.16. The van der Waals surface area contributed by atoms with Gasteiger partial charge in [-0.1, -0.05) is 231 Å². The highest BCUT2D eigenvalue weighted by Crippen LogP contribution is 2.45. The second kappa shape index (κ2) is 18.1. The Morgan fingerprint density at radius 1 is 0.243 bits per heavy atom. The lowest BCUT2D eigenvalue weighted by Crippen LogP contribution is -2.11. The molecule has 346 valence electrons. The second-order valence-corrected chi connectivity index (χ2v) is 19.2. The molecule has 74 heavy (non-hydrogen) atoms. The Labute approximate surface area is 430 Å². The van der Waals surface area contributed by atoms with Crippen molar-refractivity contribution < 1.29 is 0 Å². The lowest BCUT2D eigenvalue weighted by atomic mass is 9.94. The van der Waals surface area contributed by atoms with Crippen molar-refractivity contribution in [3.8, 4) is 61.3 Å². The summed E-state index contributed by atoms with van der Waals surface area (Å²) in [4.78, 5) is 2.41. The summed E-state index contributed by atoms with van der Waals surface area (Å²) in [6.07, 6.45) is 0. The van der Waals surface area contributed by atoms with E-state index in [4.69, 9.17) is 0 Å². The van der Waals surface area contributed by atoms with Gasteiger partial charge >= 0.3 is 0 Å². The lowest BCUT2D eigenvalue weighted by Gasteiger charge is -2.28. The zero-order valence-electron chi connectivity index (χ0n) is 40.6. The standard InChI is InChI=1S/C72H48N2/c1-2-15-49(16-3-1)51-37-41-59(42-38-51)73(60-43-39-52(40-44-60)50-31-33-55(34-32-50)64-26-13-19-53-17-4-6-22-62(53)64)69-28-10-8-24-66(69)56-20-12-21-57(47-56)67-27-14-30-71-72(67)68-25-9-11-29-70(68)74(71)61-45-46-65-58(48-61)36-35-54-18-5-7-23-63(54)65/h1-48H. The summed E-state index contributed by atoms with van der Waals surface area (Å²) in [5.74, 6) is 0. The van der Waals surface area contributed by atoms with E-state index in [0.717, 1.165) is 33.9 Å². The largest absolute Gasteiger partial charge is 0.310 e. The van der Waals surface area contributed by atoms with Crippen LogP contribution in [0.4, 0.5) is 17.1 Å². The van der Waals surface area contributed by atoms with Crippen molar-refractivity contribution in [3.63, 3.8) is 0 Å². The maximum absolute atomic E-state index is 2.44. The van der Waals surface area contributed by atoms with Gasteiger partial charge in [-0.05, 0) is 143 Å². The van der Waals surface area contributed by atoms with E-state index in [1.807, 2.05) is 0 Å². The average Bonchev–Trinajstić information content (AvgIpc) is 3.85. The van der Waals surface area contributed by atoms with Crippen LogP contribution in [-0.4, -0.2) is 4.57 Å². The number of para-hydroxylation sites is 2. The molecule has 0 aliphatic carbocycles. The highest BCUT2D eigenvalue weighted by Gasteiger charge is 2.20. The Morgan fingerprint density at radius 3 is 1.47 bits per heavy atom. The fourth-order valence-corrected chi connectivity index (χ4v) is 11.4. The Kier molecular flexibility index (Phi) is 10.6. The molecule has 0 bridgehead atoms. The van der Waals surface area contributed by atoms with Crippen molar-refractivity contribution in [3.05, 3.63) is 291 Å². The fraction of sp³-hybridized carbons (Fsp3) is 0. The highest BCUT2D eigenvalue weighted by atomic mass is 15.1. The van der Waals surface area contributed by atoms with Gasteiger partial charge < -0.3 is 9.47 Å². The number of benzene rings is 13. The predicted molar refractivity (Wildman–Crippen MR) is 315 cm³/mol. The number of fused-ring (bicyclic) bond motifs is 7. The van der Waals surface area contributed by atoms with E-state index < -0.39 is 0 Å². The lowest BCUT2D eigenvalue weighted by molar-refractivity contribution is 1.19. The Balaban J connectivity index is 0.858. The smallest absolute Gasteiger partial charge is 0.0547 e. The van der Waals surface area contributed by atoms with Crippen molar-refractivity contribution in [1.82, 2.24) is 4.57 Å². The van der Waals surface area contributed by atoms with E-state index in [2.05, 4.69) is 301 Å². The number of aromatic nitrogens is 1. The molecule has 0 aliphatic rings. The molecule has 1 aromatic heterocycles. The molecule has 2 nitrogen and oxygen atoms in total. The number of hydrogen-bond donors (Lipinski definition) is 0. The third-order valence-electron chi connectivity index (χ3n) is 15.0. The molecule has 0 saturated carbocycles. The minimum atomic E-state index is 1.08. The van der Waals surface area contributed by atoms with Crippen molar-refractivity contribution >= 4 is 71.2 Å². The van der Waals surface area contributed by atoms with Gasteiger partial charge in [0.15, 0.2) is 0 Å².